The fraction of sp³-hybridized carbons (Fsp3) is 0.333. The number of pyridine rings is 1. The molecule has 166 valence electrons. The number of carbonyl (C=O) groups excluding carboxylic acids is 1. The zero-order valence-corrected chi connectivity index (χ0v) is 18.3. The number of ether oxygens (including phenoxy) is 1. The van der Waals surface area contributed by atoms with E-state index < -0.39 is 0 Å². The molecule has 0 aliphatic carbocycles. The Morgan fingerprint density at radius 2 is 2.06 bits per heavy atom. The second-order valence-corrected chi connectivity index (χ2v) is 8.16. The molecule has 0 aliphatic heterocycles. The molecular weight excluding hydrogens is 412 g/mol. The summed E-state index contributed by atoms with van der Waals surface area (Å²) in [6, 6.07) is 5.11. The molecule has 4 aromatic heterocycles. The lowest BCUT2D eigenvalue weighted by Crippen LogP contribution is -2.30. The van der Waals surface area contributed by atoms with E-state index in [4.69, 9.17) is 9.26 Å². The minimum atomic E-state index is -0.384. The number of aromatic nitrogens is 6. The molecule has 4 heterocycles. The number of anilines is 1. The Balaban J connectivity index is 1.36. The summed E-state index contributed by atoms with van der Waals surface area (Å²) in [6.07, 6.45) is 5.43. The predicted molar refractivity (Wildman–Crippen MR) is 116 cm³/mol. The third-order valence-corrected chi connectivity index (χ3v) is 4.55. The molecule has 0 spiro atoms. The number of imidazole rings is 1. The maximum atomic E-state index is 12.2. The molecule has 0 aliphatic rings. The lowest BCUT2D eigenvalue weighted by Gasteiger charge is -2.10. The molecule has 0 bridgehead atoms. The zero-order chi connectivity index (χ0) is 22.7. The number of nitrogens with zero attached hydrogens (tertiary/aromatic N) is 6. The van der Waals surface area contributed by atoms with E-state index in [9.17, 15) is 4.79 Å². The summed E-state index contributed by atoms with van der Waals surface area (Å²) >= 11 is 0. The minimum Gasteiger partial charge on any atom is -0.495 e. The van der Waals surface area contributed by atoms with Gasteiger partial charge in [-0.1, -0.05) is 25.9 Å². The highest BCUT2D eigenvalue weighted by atomic mass is 16.5. The lowest BCUT2D eigenvalue weighted by molar-refractivity contribution is 0.252. The third kappa shape index (κ3) is 4.82. The van der Waals surface area contributed by atoms with Crippen LogP contribution in [0.2, 0.25) is 0 Å². The highest BCUT2D eigenvalue weighted by molar-refractivity contribution is 5.88. The van der Waals surface area contributed by atoms with Gasteiger partial charge in [0.25, 0.3) is 0 Å². The third-order valence-electron chi connectivity index (χ3n) is 4.55. The van der Waals surface area contributed by atoms with Crippen LogP contribution in [0.25, 0.3) is 16.9 Å². The average molecular weight is 436 g/mol. The molecule has 11 heteroatoms. The van der Waals surface area contributed by atoms with Crippen LogP contribution in [-0.2, 0) is 11.8 Å². The van der Waals surface area contributed by atoms with Crippen molar-refractivity contribution in [2.24, 2.45) is 0 Å². The van der Waals surface area contributed by atoms with Crippen LogP contribution in [-0.4, -0.2) is 49.4 Å². The van der Waals surface area contributed by atoms with Crippen LogP contribution in [0.3, 0.4) is 0 Å². The molecule has 0 aromatic carbocycles. The molecular formula is C21H24N8O3. The van der Waals surface area contributed by atoms with Crippen molar-refractivity contribution >= 4 is 17.5 Å². The minimum absolute atomic E-state index is 0.212. The van der Waals surface area contributed by atoms with E-state index >= 15 is 0 Å². The average Bonchev–Trinajstić information content (AvgIpc) is 3.39. The summed E-state index contributed by atoms with van der Waals surface area (Å²) in [6.45, 7) is 6.34. The predicted octanol–water partition coefficient (Wildman–Crippen LogP) is 2.84. The van der Waals surface area contributed by atoms with Crippen molar-refractivity contribution in [2.75, 3.05) is 19.0 Å². The molecule has 2 amide bonds. The van der Waals surface area contributed by atoms with Gasteiger partial charge in [0.1, 0.15) is 5.75 Å². The molecule has 0 fully saturated rings. The van der Waals surface area contributed by atoms with Gasteiger partial charge >= 0.3 is 6.03 Å². The highest BCUT2D eigenvalue weighted by Crippen LogP contribution is 2.22. The van der Waals surface area contributed by atoms with Crippen molar-refractivity contribution in [2.45, 2.75) is 32.6 Å². The molecule has 4 aromatic rings. The van der Waals surface area contributed by atoms with Crippen LogP contribution in [0.5, 0.6) is 5.75 Å². The summed E-state index contributed by atoms with van der Waals surface area (Å²) in [7, 11) is 1.58. The number of carbonyl (C=O) groups is 1. The second kappa shape index (κ2) is 8.61. The first-order valence-electron chi connectivity index (χ1n) is 10.1. The van der Waals surface area contributed by atoms with E-state index in [1.165, 1.54) is 0 Å². The maximum absolute atomic E-state index is 12.2. The summed E-state index contributed by atoms with van der Waals surface area (Å²) < 4.78 is 12.1. The van der Waals surface area contributed by atoms with E-state index in [0.717, 1.165) is 5.56 Å². The first-order chi connectivity index (χ1) is 15.3. The van der Waals surface area contributed by atoms with Crippen molar-refractivity contribution in [1.82, 2.24) is 35.0 Å². The normalized spacial score (nSPS) is 11.5. The smallest absolute Gasteiger partial charge is 0.320 e. The Morgan fingerprint density at radius 3 is 2.81 bits per heavy atom. The van der Waals surface area contributed by atoms with Gasteiger partial charge in [0.05, 0.1) is 25.2 Å². The first-order valence-corrected chi connectivity index (χ1v) is 10.1. The van der Waals surface area contributed by atoms with Crippen molar-refractivity contribution in [3.63, 3.8) is 0 Å². The second-order valence-electron chi connectivity index (χ2n) is 8.16. The maximum Gasteiger partial charge on any atom is 0.320 e. The van der Waals surface area contributed by atoms with Gasteiger partial charge in [0.15, 0.2) is 17.3 Å². The first kappa shape index (κ1) is 21.2. The van der Waals surface area contributed by atoms with Crippen LogP contribution in [0.4, 0.5) is 10.6 Å². The van der Waals surface area contributed by atoms with Crippen LogP contribution in [0, 0.1) is 0 Å². The zero-order valence-electron chi connectivity index (χ0n) is 18.3. The van der Waals surface area contributed by atoms with Crippen LogP contribution >= 0.6 is 0 Å². The van der Waals surface area contributed by atoms with E-state index in [2.05, 4.69) is 35.8 Å². The largest absolute Gasteiger partial charge is 0.495 e. The number of amides is 2. The van der Waals surface area contributed by atoms with Gasteiger partial charge in [-0.3, -0.25) is 10.3 Å². The van der Waals surface area contributed by atoms with Gasteiger partial charge in [-0.2, -0.15) is 10.1 Å². The SMILES string of the molecule is COc1cncc(-c2ccc3nc(NC(=O)NCCc4noc(C(C)(C)C)n4)cn3n2)c1. The Bertz CT molecular complexity index is 1240. The van der Waals surface area contributed by atoms with Gasteiger partial charge in [-0.05, 0) is 18.2 Å². The fourth-order valence-corrected chi connectivity index (χ4v) is 2.88. The summed E-state index contributed by atoms with van der Waals surface area (Å²) in [5, 5.41) is 13.9. The van der Waals surface area contributed by atoms with Crippen LogP contribution < -0.4 is 15.4 Å². The molecule has 0 unspecified atom stereocenters. The Kier molecular flexibility index (Phi) is 5.71. The van der Waals surface area contributed by atoms with Gasteiger partial charge < -0.3 is 14.6 Å². The number of fused-ring (bicyclic) bond motifs is 1. The fourth-order valence-electron chi connectivity index (χ4n) is 2.88. The lowest BCUT2D eigenvalue weighted by atomic mass is 9.97. The van der Waals surface area contributed by atoms with Gasteiger partial charge in [-0.25, -0.2) is 14.3 Å². The number of urea groups is 1. The molecule has 2 N–H and O–H groups in total. The standard InChI is InChI=1S/C21H24N8O3/c1-21(2,3)19-25-16(28-32-19)7-8-23-20(30)26-17-12-29-18(24-17)6-5-15(27-29)13-9-14(31-4)11-22-10-13/h5-6,9-12H,7-8H2,1-4H3,(H2,23,26,30). The summed E-state index contributed by atoms with van der Waals surface area (Å²) in [4.78, 5) is 25.1. The molecule has 4 rings (SSSR count). The monoisotopic (exact) mass is 436 g/mol. The molecule has 0 saturated carbocycles. The van der Waals surface area contributed by atoms with Gasteiger partial charge in [-0.15, -0.1) is 0 Å². The van der Waals surface area contributed by atoms with Crippen molar-refractivity contribution in [1.29, 1.82) is 0 Å². The van der Waals surface area contributed by atoms with E-state index in [0.29, 0.717) is 47.6 Å². The van der Waals surface area contributed by atoms with Crippen molar-refractivity contribution in [3.05, 3.63) is 48.5 Å². The topological polar surface area (TPSA) is 132 Å². The number of methoxy groups -OCH3 is 1. The van der Waals surface area contributed by atoms with Gasteiger partial charge in [0.2, 0.25) is 5.89 Å². The molecule has 0 saturated heterocycles. The highest BCUT2D eigenvalue weighted by Gasteiger charge is 2.21. The summed E-state index contributed by atoms with van der Waals surface area (Å²) in [5.41, 5.74) is 1.90. The Hall–Kier alpha value is -4.02. The summed E-state index contributed by atoms with van der Waals surface area (Å²) in [5.74, 6) is 2.14. The number of hydrogen-bond donors (Lipinski definition) is 2. The molecule has 32 heavy (non-hydrogen) atoms. The Labute approximate surface area is 184 Å². The Morgan fingerprint density at radius 1 is 1.22 bits per heavy atom. The number of nitrogens with one attached hydrogen (secondary N) is 2. The van der Waals surface area contributed by atoms with Crippen LogP contribution in [0.15, 0.2) is 41.3 Å². The van der Waals surface area contributed by atoms with Crippen molar-refractivity contribution < 1.29 is 14.1 Å². The van der Waals surface area contributed by atoms with Crippen molar-refractivity contribution in [3.8, 4) is 17.0 Å². The van der Waals surface area contributed by atoms with E-state index in [1.54, 1.807) is 30.2 Å². The quantitative estimate of drug-likeness (QED) is 0.471. The number of rotatable bonds is 6. The van der Waals surface area contributed by atoms with E-state index in [1.807, 2.05) is 39.0 Å². The number of hydrogen-bond acceptors (Lipinski definition) is 8. The van der Waals surface area contributed by atoms with E-state index in [-0.39, 0.29) is 11.4 Å². The molecule has 0 atom stereocenters. The molecule has 0 radical (unpaired) electrons. The van der Waals surface area contributed by atoms with Gasteiger partial charge in [0, 0.05) is 30.1 Å². The van der Waals surface area contributed by atoms with Crippen LogP contribution in [0.1, 0.15) is 32.5 Å². The molecule has 11 nitrogen and oxygen atoms in total.